The van der Waals surface area contributed by atoms with Gasteiger partial charge in [0.25, 0.3) is 0 Å². The molecule has 1 N–H and O–H groups in total. The van der Waals surface area contributed by atoms with Crippen molar-refractivity contribution in [2.75, 3.05) is 19.0 Å². The quantitative estimate of drug-likeness (QED) is 0.865. The smallest absolute Gasteiger partial charge is 0.229 e. The third-order valence-corrected chi connectivity index (χ3v) is 3.72. The van der Waals surface area contributed by atoms with Gasteiger partial charge in [-0.25, -0.2) is 4.68 Å². The molecule has 0 unspecified atom stereocenters. The third-order valence-electron chi connectivity index (χ3n) is 3.43. The van der Waals surface area contributed by atoms with Crippen LogP contribution in [0.4, 0.5) is 5.95 Å². The molecule has 1 aliphatic rings. The lowest BCUT2D eigenvalue weighted by atomic mass is 10.0. The van der Waals surface area contributed by atoms with Crippen molar-refractivity contribution in [3.8, 4) is 23.8 Å². The Labute approximate surface area is 137 Å². The highest BCUT2D eigenvalue weighted by Crippen LogP contribution is 2.40. The summed E-state index contributed by atoms with van der Waals surface area (Å²) in [5.41, 5.74) is 0.765. The Morgan fingerprint density at radius 1 is 1.57 bits per heavy atom. The maximum atomic E-state index is 11.9. The summed E-state index contributed by atoms with van der Waals surface area (Å²) in [4.78, 5) is 15.9. The summed E-state index contributed by atoms with van der Waals surface area (Å²) in [5.74, 6) is 3.44. The zero-order valence-corrected chi connectivity index (χ0v) is 13.0. The first-order valence-corrected chi connectivity index (χ1v) is 7.15. The van der Waals surface area contributed by atoms with E-state index in [-0.39, 0.29) is 25.0 Å². The number of carbonyl (C=O) groups is 1. The summed E-state index contributed by atoms with van der Waals surface area (Å²) < 4.78 is 12.4. The van der Waals surface area contributed by atoms with Gasteiger partial charge >= 0.3 is 0 Å². The highest BCUT2D eigenvalue weighted by Gasteiger charge is 2.29. The average Bonchev–Trinajstić information content (AvgIpc) is 3.00. The molecule has 23 heavy (non-hydrogen) atoms. The number of nitrogens with zero attached hydrogens (tertiary/aromatic N) is 3. The summed E-state index contributed by atoms with van der Waals surface area (Å²) in [7, 11) is 1.51. The maximum absolute atomic E-state index is 11.9. The van der Waals surface area contributed by atoms with Gasteiger partial charge in [-0.3, -0.25) is 10.1 Å². The first-order valence-electron chi connectivity index (χ1n) is 6.77. The molecule has 0 radical (unpaired) electrons. The minimum absolute atomic E-state index is 0.0779. The number of amides is 1. The van der Waals surface area contributed by atoms with Gasteiger partial charge in [0, 0.05) is 0 Å². The number of hydrogen-bond donors (Lipinski definition) is 1. The number of carbonyl (C=O) groups excluding carboxylic acids is 1. The zero-order valence-electron chi connectivity index (χ0n) is 12.2. The number of aromatic nitrogens is 3. The van der Waals surface area contributed by atoms with Gasteiger partial charge in [0.1, 0.15) is 12.9 Å². The molecule has 1 aliphatic heterocycles. The lowest BCUT2D eigenvalue weighted by molar-refractivity contribution is -0.117. The fourth-order valence-electron chi connectivity index (χ4n) is 2.45. The van der Waals surface area contributed by atoms with Crippen LogP contribution in [0.1, 0.15) is 18.0 Å². The fraction of sp³-hybridized carbons (Fsp3) is 0.267. The molecular weight excluding hydrogens is 320 g/mol. The molecule has 0 saturated carbocycles. The predicted octanol–water partition coefficient (Wildman–Crippen LogP) is 1.88. The summed E-state index contributed by atoms with van der Waals surface area (Å²) in [6.45, 7) is 0.0779. The highest BCUT2D eigenvalue weighted by molar-refractivity contribution is 6.32. The SMILES string of the molecule is C#CCOc1c(Cl)cc([C@@H]2CC(=O)Nc3ncnn32)cc1OC. The second kappa shape index (κ2) is 6.18. The van der Waals surface area contributed by atoms with Crippen molar-refractivity contribution in [3.05, 3.63) is 29.0 Å². The number of anilines is 1. The number of benzene rings is 1. The van der Waals surface area contributed by atoms with Gasteiger partial charge in [-0.2, -0.15) is 10.1 Å². The van der Waals surface area contributed by atoms with Crippen molar-refractivity contribution in [1.29, 1.82) is 0 Å². The number of methoxy groups -OCH3 is 1. The molecule has 1 aromatic carbocycles. The number of fused-ring (bicyclic) bond motifs is 1. The Kier molecular flexibility index (Phi) is 4.08. The van der Waals surface area contributed by atoms with Crippen molar-refractivity contribution in [1.82, 2.24) is 14.8 Å². The summed E-state index contributed by atoms with van der Waals surface area (Å²) in [5, 5.41) is 7.17. The van der Waals surface area contributed by atoms with Crippen molar-refractivity contribution in [2.24, 2.45) is 0 Å². The normalized spacial score (nSPS) is 16.2. The van der Waals surface area contributed by atoms with E-state index in [1.807, 2.05) is 0 Å². The van der Waals surface area contributed by atoms with Crippen LogP contribution in [0.2, 0.25) is 5.02 Å². The summed E-state index contributed by atoms with van der Waals surface area (Å²) in [6, 6.07) is 3.14. The van der Waals surface area contributed by atoms with Gasteiger partial charge in [-0.15, -0.1) is 6.42 Å². The van der Waals surface area contributed by atoms with Crippen LogP contribution in [0, 0.1) is 12.3 Å². The van der Waals surface area contributed by atoms with E-state index < -0.39 is 0 Å². The summed E-state index contributed by atoms with van der Waals surface area (Å²) in [6.07, 6.45) is 6.81. The molecule has 0 spiro atoms. The molecule has 3 rings (SSSR count). The Morgan fingerprint density at radius 2 is 2.39 bits per heavy atom. The standard InChI is InChI=1S/C15H13ClN4O3/c1-3-4-23-14-10(16)5-9(6-12(14)22-2)11-7-13(21)19-15-17-8-18-20(11)15/h1,5-6,8,11H,4,7H2,2H3,(H,17,18,19,21)/t11-/m0/s1. The van der Waals surface area contributed by atoms with E-state index in [0.717, 1.165) is 5.56 Å². The van der Waals surface area contributed by atoms with Crippen LogP contribution in [-0.4, -0.2) is 34.4 Å². The van der Waals surface area contributed by atoms with E-state index >= 15 is 0 Å². The van der Waals surface area contributed by atoms with Crippen molar-refractivity contribution in [2.45, 2.75) is 12.5 Å². The molecular formula is C15H13ClN4O3. The Bertz CT molecular complexity index is 797. The highest BCUT2D eigenvalue weighted by atomic mass is 35.5. The minimum atomic E-state index is -0.325. The van der Waals surface area contributed by atoms with E-state index in [4.69, 9.17) is 27.5 Å². The average molecular weight is 333 g/mol. The van der Waals surface area contributed by atoms with Gasteiger partial charge in [-0.05, 0) is 17.7 Å². The molecule has 1 atom stereocenters. The number of ether oxygens (including phenoxy) is 2. The molecule has 2 aromatic rings. The molecule has 118 valence electrons. The van der Waals surface area contributed by atoms with E-state index in [1.54, 1.807) is 16.8 Å². The van der Waals surface area contributed by atoms with Crippen LogP contribution in [0.25, 0.3) is 0 Å². The number of rotatable bonds is 4. The van der Waals surface area contributed by atoms with Crippen LogP contribution in [0.15, 0.2) is 18.5 Å². The van der Waals surface area contributed by atoms with Gasteiger partial charge in [0.05, 0.1) is 24.6 Å². The number of terminal acetylenes is 1. The number of nitrogens with one attached hydrogen (secondary N) is 1. The van der Waals surface area contributed by atoms with Crippen LogP contribution >= 0.6 is 11.6 Å². The molecule has 0 fully saturated rings. The molecule has 1 aromatic heterocycles. The van der Waals surface area contributed by atoms with Crippen molar-refractivity contribution >= 4 is 23.5 Å². The van der Waals surface area contributed by atoms with Gasteiger partial charge in [0.15, 0.2) is 11.5 Å². The molecule has 0 bridgehead atoms. The summed E-state index contributed by atoms with van der Waals surface area (Å²) >= 11 is 6.29. The van der Waals surface area contributed by atoms with E-state index in [1.165, 1.54) is 13.4 Å². The van der Waals surface area contributed by atoms with Crippen LogP contribution in [0.5, 0.6) is 11.5 Å². The van der Waals surface area contributed by atoms with E-state index in [9.17, 15) is 4.79 Å². The number of halogens is 1. The Balaban J connectivity index is 2.03. The van der Waals surface area contributed by atoms with Crippen molar-refractivity contribution < 1.29 is 14.3 Å². The van der Waals surface area contributed by atoms with Crippen molar-refractivity contribution in [3.63, 3.8) is 0 Å². The predicted molar refractivity (Wildman–Crippen MR) is 83.7 cm³/mol. The third kappa shape index (κ3) is 2.81. The lowest BCUT2D eigenvalue weighted by Crippen LogP contribution is -2.29. The monoisotopic (exact) mass is 332 g/mol. The van der Waals surface area contributed by atoms with Gasteiger partial charge < -0.3 is 9.47 Å². The second-order valence-corrected chi connectivity index (χ2v) is 5.23. The van der Waals surface area contributed by atoms with Crippen LogP contribution < -0.4 is 14.8 Å². The molecule has 1 amide bonds. The first-order chi connectivity index (χ1) is 11.1. The largest absolute Gasteiger partial charge is 0.493 e. The van der Waals surface area contributed by atoms with Crippen LogP contribution in [-0.2, 0) is 4.79 Å². The van der Waals surface area contributed by atoms with E-state index in [2.05, 4.69) is 21.3 Å². The Morgan fingerprint density at radius 3 is 3.13 bits per heavy atom. The Hall–Kier alpha value is -2.72. The number of hydrogen-bond acceptors (Lipinski definition) is 5. The lowest BCUT2D eigenvalue weighted by Gasteiger charge is -2.24. The second-order valence-electron chi connectivity index (χ2n) is 4.82. The molecule has 0 aliphatic carbocycles. The molecule has 0 saturated heterocycles. The molecule has 7 nitrogen and oxygen atoms in total. The zero-order chi connectivity index (χ0) is 16.4. The maximum Gasteiger partial charge on any atom is 0.229 e. The minimum Gasteiger partial charge on any atom is -0.493 e. The topological polar surface area (TPSA) is 78.3 Å². The van der Waals surface area contributed by atoms with E-state index in [0.29, 0.717) is 22.5 Å². The van der Waals surface area contributed by atoms with Gasteiger partial charge in [0.2, 0.25) is 11.9 Å². The van der Waals surface area contributed by atoms with Crippen LogP contribution in [0.3, 0.4) is 0 Å². The first kappa shape index (κ1) is 15.2. The molecule has 2 heterocycles. The van der Waals surface area contributed by atoms with Gasteiger partial charge in [-0.1, -0.05) is 17.5 Å². The fourth-order valence-corrected chi connectivity index (χ4v) is 2.72. The molecule has 8 heteroatoms.